The van der Waals surface area contributed by atoms with Crippen molar-refractivity contribution >= 4 is 21.6 Å². The number of primary sulfonamides is 1. The van der Waals surface area contributed by atoms with Crippen LogP contribution in [-0.4, -0.2) is 21.1 Å². The minimum atomic E-state index is -3.63. The molecule has 2 aromatic carbocycles. The molecule has 2 rings (SSSR count). The van der Waals surface area contributed by atoms with E-state index in [1.807, 2.05) is 32.0 Å². The summed E-state index contributed by atoms with van der Waals surface area (Å²) < 4.78 is 28.0. The Kier molecular flexibility index (Phi) is 6.84. The van der Waals surface area contributed by atoms with Gasteiger partial charge >= 0.3 is 0 Å². The molecule has 0 aliphatic carbocycles. The summed E-state index contributed by atoms with van der Waals surface area (Å²) in [5, 5.41) is 9.03. The van der Waals surface area contributed by atoms with Gasteiger partial charge in [-0.15, -0.1) is 0 Å². The predicted octanol–water partition coefficient (Wildman–Crippen LogP) is 3.11. The normalized spacial score (nSPS) is 11.7. The summed E-state index contributed by atoms with van der Waals surface area (Å²) in [6.45, 7) is 5.37. The molecule has 136 valence electrons. The van der Waals surface area contributed by atoms with Crippen LogP contribution in [0.1, 0.15) is 25.0 Å². The van der Waals surface area contributed by atoms with Crippen molar-refractivity contribution in [2.75, 3.05) is 6.54 Å². The predicted molar refractivity (Wildman–Crippen MR) is 100 cm³/mol. The quantitative estimate of drug-likeness (QED) is 0.687. The monoisotopic (exact) mass is 382 g/mol. The highest BCUT2D eigenvalue weighted by Crippen LogP contribution is 2.26. The molecule has 0 unspecified atom stereocenters. The zero-order valence-electron chi connectivity index (χ0n) is 14.3. The maximum absolute atomic E-state index is 11.2. The second-order valence-corrected chi connectivity index (χ2v) is 8.02. The van der Waals surface area contributed by atoms with Gasteiger partial charge < -0.3 is 10.1 Å². The van der Waals surface area contributed by atoms with Crippen molar-refractivity contribution in [2.24, 2.45) is 5.14 Å². The van der Waals surface area contributed by atoms with Crippen LogP contribution in [0, 0.1) is 0 Å². The van der Waals surface area contributed by atoms with Crippen LogP contribution < -0.4 is 15.2 Å². The topological polar surface area (TPSA) is 81.4 Å². The van der Waals surface area contributed by atoms with Gasteiger partial charge in [-0.1, -0.05) is 29.8 Å². The zero-order chi connectivity index (χ0) is 18.4. The van der Waals surface area contributed by atoms with E-state index in [-0.39, 0.29) is 11.0 Å². The maximum atomic E-state index is 11.2. The lowest BCUT2D eigenvalue weighted by Gasteiger charge is -2.12. The van der Waals surface area contributed by atoms with Crippen LogP contribution in [0.5, 0.6) is 5.75 Å². The van der Waals surface area contributed by atoms with Crippen LogP contribution in [0.3, 0.4) is 0 Å². The second kappa shape index (κ2) is 8.67. The van der Waals surface area contributed by atoms with Gasteiger partial charge in [0, 0.05) is 6.54 Å². The van der Waals surface area contributed by atoms with Crippen molar-refractivity contribution in [1.82, 2.24) is 5.32 Å². The number of nitrogens with two attached hydrogens (primary N) is 1. The van der Waals surface area contributed by atoms with Gasteiger partial charge in [-0.25, -0.2) is 13.6 Å². The van der Waals surface area contributed by atoms with Crippen molar-refractivity contribution in [3.63, 3.8) is 0 Å². The molecule has 0 atom stereocenters. The Labute approximate surface area is 154 Å². The Morgan fingerprint density at radius 3 is 2.32 bits per heavy atom. The number of hydrogen-bond donors (Lipinski definition) is 2. The van der Waals surface area contributed by atoms with Crippen LogP contribution >= 0.6 is 11.6 Å². The van der Waals surface area contributed by atoms with Gasteiger partial charge in [0.1, 0.15) is 5.75 Å². The first kappa shape index (κ1) is 19.7. The molecule has 0 aliphatic rings. The van der Waals surface area contributed by atoms with E-state index in [9.17, 15) is 8.42 Å². The van der Waals surface area contributed by atoms with Crippen LogP contribution in [0.2, 0.25) is 5.02 Å². The average Bonchev–Trinajstić information content (AvgIpc) is 2.53. The third kappa shape index (κ3) is 6.32. The molecular weight excluding hydrogens is 360 g/mol. The molecule has 0 amide bonds. The largest absolute Gasteiger partial charge is 0.489 e. The van der Waals surface area contributed by atoms with Crippen molar-refractivity contribution in [3.8, 4) is 5.75 Å². The highest BCUT2D eigenvalue weighted by Gasteiger charge is 2.07. The van der Waals surface area contributed by atoms with Crippen LogP contribution in [0.15, 0.2) is 47.4 Å². The van der Waals surface area contributed by atoms with Gasteiger partial charge in [-0.05, 0) is 62.2 Å². The highest BCUT2D eigenvalue weighted by atomic mass is 35.5. The fourth-order valence-electron chi connectivity index (χ4n) is 2.32. The van der Waals surface area contributed by atoms with E-state index in [0.29, 0.717) is 17.3 Å². The molecule has 25 heavy (non-hydrogen) atoms. The van der Waals surface area contributed by atoms with Gasteiger partial charge in [0.2, 0.25) is 10.0 Å². The van der Waals surface area contributed by atoms with E-state index >= 15 is 0 Å². The average molecular weight is 383 g/mol. The molecular formula is C18H23ClN2O3S. The number of ether oxygens (including phenoxy) is 1. The second-order valence-electron chi connectivity index (χ2n) is 6.05. The molecule has 0 saturated heterocycles. The third-order valence-corrected chi connectivity index (χ3v) is 4.76. The summed E-state index contributed by atoms with van der Waals surface area (Å²) in [5.74, 6) is 0.690. The number of hydrogen-bond acceptors (Lipinski definition) is 4. The molecule has 0 fully saturated rings. The number of nitrogens with one attached hydrogen (secondary N) is 1. The minimum Gasteiger partial charge on any atom is -0.489 e. The lowest BCUT2D eigenvalue weighted by molar-refractivity contribution is 0.242. The highest BCUT2D eigenvalue weighted by molar-refractivity contribution is 7.89. The van der Waals surface area contributed by atoms with Gasteiger partial charge in [0.25, 0.3) is 0 Å². The number of rotatable bonds is 8. The van der Waals surface area contributed by atoms with E-state index in [1.165, 1.54) is 12.1 Å². The van der Waals surface area contributed by atoms with Crippen LogP contribution in [0.4, 0.5) is 0 Å². The lowest BCUT2D eigenvalue weighted by Crippen LogP contribution is -2.17. The molecule has 0 heterocycles. The first-order chi connectivity index (χ1) is 11.8. The van der Waals surface area contributed by atoms with Gasteiger partial charge in [0.05, 0.1) is 16.0 Å². The molecule has 3 N–H and O–H groups in total. The SMILES string of the molecule is CC(C)Oc1ccc(CNCCc2ccc(S(N)(=O)=O)cc2)cc1Cl. The smallest absolute Gasteiger partial charge is 0.238 e. The fourth-order valence-corrected chi connectivity index (χ4v) is 3.08. The summed E-state index contributed by atoms with van der Waals surface area (Å²) in [7, 11) is -3.63. The van der Waals surface area contributed by atoms with Crippen molar-refractivity contribution in [2.45, 2.75) is 37.8 Å². The number of benzene rings is 2. The maximum Gasteiger partial charge on any atom is 0.238 e. The molecule has 0 aromatic heterocycles. The summed E-state index contributed by atoms with van der Waals surface area (Å²) >= 11 is 6.22. The first-order valence-corrected chi connectivity index (χ1v) is 9.95. The van der Waals surface area contributed by atoms with Crippen molar-refractivity contribution in [3.05, 3.63) is 58.6 Å². The fraction of sp³-hybridized carbons (Fsp3) is 0.333. The van der Waals surface area contributed by atoms with Crippen molar-refractivity contribution in [1.29, 1.82) is 0 Å². The Balaban J connectivity index is 1.82. The van der Waals surface area contributed by atoms with E-state index < -0.39 is 10.0 Å². The van der Waals surface area contributed by atoms with Crippen LogP contribution in [0.25, 0.3) is 0 Å². The van der Waals surface area contributed by atoms with Gasteiger partial charge in [0.15, 0.2) is 0 Å². The summed E-state index contributed by atoms with van der Waals surface area (Å²) in [5.41, 5.74) is 2.12. The molecule has 7 heteroatoms. The van der Waals surface area contributed by atoms with Crippen LogP contribution in [-0.2, 0) is 23.0 Å². The third-order valence-electron chi connectivity index (χ3n) is 3.53. The lowest BCUT2D eigenvalue weighted by atomic mass is 10.1. The standard InChI is InChI=1S/C18H23ClN2O3S/c1-13(2)24-18-8-5-15(11-17(18)19)12-21-10-9-14-3-6-16(7-4-14)25(20,22)23/h3-8,11,13,21H,9-10,12H2,1-2H3,(H2,20,22,23). The van der Waals surface area contributed by atoms with Gasteiger partial charge in [-0.3, -0.25) is 0 Å². The van der Waals surface area contributed by atoms with E-state index in [1.54, 1.807) is 12.1 Å². The first-order valence-electron chi connectivity index (χ1n) is 8.03. The molecule has 0 saturated carbocycles. The van der Waals surface area contributed by atoms with Crippen molar-refractivity contribution < 1.29 is 13.2 Å². The Morgan fingerprint density at radius 1 is 1.12 bits per heavy atom. The molecule has 0 spiro atoms. The molecule has 5 nitrogen and oxygen atoms in total. The molecule has 0 aliphatic heterocycles. The molecule has 0 radical (unpaired) electrons. The Morgan fingerprint density at radius 2 is 1.76 bits per heavy atom. The number of sulfonamides is 1. The Bertz CT molecular complexity index is 806. The molecule has 0 bridgehead atoms. The summed E-state index contributed by atoms with van der Waals surface area (Å²) in [6.07, 6.45) is 0.870. The Hall–Kier alpha value is -1.60. The van der Waals surface area contributed by atoms with E-state index in [4.69, 9.17) is 21.5 Å². The summed E-state index contributed by atoms with van der Waals surface area (Å²) in [6, 6.07) is 12.4. The molecule has 2 aromatic rings. The zero-order valence-corrected chi connectivity index (χ0v) is 15.9. The summed E-state index contributed by atoms with van der Waals surface area (Å²) in [4.78, 5) is 0.127. The number of halogens is 1. The van der Waals surface area contributed by atoms with E-state index in [2.05, 4.69) is 5.32 Å². The minimum absolute atomic E-state index is 0.0853. The van der Waals surface area contributed by atoms with E-state index in [0.717, 1.165) is 24.1 Å². The van der Waals surface area contributed by atoms with Gasteiger partial charge in [-0.2, -0.15) is 0 Å².